The molecule has 3 amide bonds. The standard InChI is InChI=1S/C21H19N3O3S/c1-27-17-13-18(14-5-3-2-4-6-14)28-19(17)20(25)23-15-7-9-16(10-8-15)24-12-11-22-21(24)26/h2-10,13H,11-12H2,1H3,(H,22,26)(H,23,25). The van der Waals surface area contributed by atoms with E-state index in [1.165, 1.54) is 11.3 Å². The van der Waals surface area contributed by atoms with Crippen LogP contribution in [-0.2, 0) is 0 Å². The first-order valence-electron chi connectivity index (χ1n) is 8.86. The van der Waals surface area contributed by atoms with Crippen molar-refractivity contribution in [2.45, 2.75) is 0 Å². The van der Waals surface area contributed by atoms with E-state index in [-0.39, 0.29) is 11.9 Å². The van der Waals surface area contributed by atoms with Crippen LogP contribution in [0.2, 0.25) is 0 Å². The number of nitrogens with one attached hydrogen (secondary N) is 2. The Labute approximate surface area is 166 Å². The highest BCUT2D eigenvalue weighted by Gasteiger charge is 2.21. The molecule has 2 N–H and O–H groups in total. The highest BCUT2D eigenvalue weighted by atomic mass is 32.1. The molecule has 2 heterocycles. The number of carbonyl (C=O) groups excluding carboxylic acids is 2. The van der Waals surface area contributed by atoms with Crippen LogP contribution in [0, 0.1) is 0 Å². The molecule has 0 bridgehead atoms. The van der Waals surface area contributed by atoms with Crippen molar-refractivity contribution in [2.24, 2.45) is 0 Å². The van der Waals surface area contributed by atoms with Crippen LogP contribution in [0.3, 0.4) is 0 Å². The maximum absolute atomic E-state index is 12.8. The summed E-state index contributed by atoms with van der Waals surface area (Å²) in [6.45, 7) is 1.28. The molecule has 0 atom stereocenters. The monoisotopic (exact) mass is 393 g/mol. The fourth-order valence-electron chi connectivity index (χ4n) is 3.06. The third-order valence-corrected chi connectivity index (χ3v) is 5.64. The smallest absolute Gasteiger partial charge is 0.321 e. The van der Waals surface area contributed by atoms with E-state index in [0.717, 1.165) is 16.1 Å². The van der Waals surface area contributed by atoms with Crippen LogP contribution in [0.15, 0.2) is 60.7 Å². The van der Waals surface area contributed by atoms with Gasteiger partial charge in [-0.05, 0) is 35.9 Å². The second-order valence-corrected chi connectivity index (χ2v) is 7.31. The fraction of sp³-hybridized carbons (Fsp3) is 0.143. The molecule has 0 saturated carbocycles. The largest absolute Gasteiger partial charge is 0.495 e. The van der Waals surface area contributed by atoms with Crippen molar-refractivity contribution in [1.29, 1.82) is 0 Å². The van der Waals surface area contributed by atoms with Crippen molar-refractivity contribution in [2.75, 3.05) is 30.4 Å². The van der Waals surface area contributed by atoms with E-state index in [1.807, 2.05) is 48.5 Å². The fourth-order valence-corrected chi connectivity index (χ4v) is 4.09. The summed E-state index contributed by atoms with van der Waals surface area (Å²) < 4.78 is 5.40. The molecule has 1 aliphatic rings. The van der Waals surface area contributed by atoms with Crippen LogP contribution in [0.25, 0.3) is 10.4 Å². The van der Waals surface area contributed by atoms with Crippen LogP contribution < -0.4 is 20.3 Å². The molecule has 1 aromatic heterocycles. The first-order valence-corrected chi connectivity index (χ1v) is 9.67. The number of nitrogens with zero attached hydrogens (tertiary/aromatic N) is 1. The average molecular weight is 393 g/mol. The molecule has 28 heavy (non-hydrogen) atoms. The molecular formula is C21H19N3O3S. The number of amides is 3. The van der Waals surface area contributed by atoms with E-state index in [1.54, 1.807) is 24.1 Å². The van der Waals surface area contributed by atoms with E-state index in [2.05, 4.69) is 10.6 Å². The molecule has 1 saturated heterocycles. The molecule has 1 aliphatic heterocycles. The van der Waals surface area contributed by atoms with E-state index in [9.17, 15) is 9.59 Å². The summed E-state index contributed by atoms with van der Waals surface area (Å²) in [5, 5.41) is 5.67. The highest BCUT2D eigenvalue weighted by molar-refractivity contribution is 7.17. The van der Waals surface area contributed by atoms with Gasteiger partial charge in [0, 0.05) is 29.3 Å². The van der Waals surface area contributed by atoms with E-state index >= 15 is 0 Å². The predicted octanol–water partition coefficient (Wildman–Crippen LogP) is 4.21. The Hall–Kier alpha value is -3.32. The summed E-state index contributed by atoms with van der Waals surface area (Å²) in [4.78, 5) is 27.7. The van der Waals surface area contributed by atoms with Crippen molar-refractivity contribution < 1.29 is 14.3 Å². The quantitative estimate of drug-likeness (QED) is 0.682. The minimum atomic E-state index is -0.226. The number of benzene rings is 2. The van der Waals surface area contributed by atoms with Crippen molar-refractivity contribution in [3.8, 4) is 16.2 Å². The Bertz CT molecular complexity index is 999. The molecule has 3 aromatic rings. The Morgan fingerprint density at radius 1 is 1.14 bits per heavy atom. The van der Waals surface area contributed by atoms with Crippen molar-refractivity contribution in [3.05, 3.63) is 65.5 Å². The molecule has 4 rings (SSSR count). The van der Waals surface area contributed by atoms with Crippen LogP contribution in [-0.4, -0.2) is 32.1 Å². The topological polar surface area (TPSA) is 70.7 Å². The second kappa shape index (κ2) is 7.74. The lowest BCUT2D eigenvalue weighted by Gasteiger charge is -2.14. The first kappa shape index (κ1) is 18.1. The number of urea groups is 1. The van der Waals surface area contributed by atoms with Gasteiger partial charge in [-0.2, -0.15) is 0 Å². The van der Waals surface area contributed by atoms with Gasteiger partial charge >= 0.3 is 6.03 Å². The number of anilines is 2. The molecular weight excluding hydrogens is 374 g/mol. The van der Waals surface area contributed by atoms with Gasteiger partial charge in [-0.25, -0.2) is 4.79 Å². The second-order valence-electron chi connectivity index (χ2n) is 6.26. The van der Waals surface area contributed by atoms with Gasteiger partial charge in [0.15, 0.2) is 0 Å². The molecule has 1 fully saturated rings. The molecule has 2 aromatic carbocycles. The maximum Gasteiger partial charge on any atom is 0.321 e. The lowest BCUT2D eigenvalue weighted by molar-refractivity contribution is 0.102. The van der Waals surface area contributed by atoms with Gasteiger partial charge in [0.05, 0.1) is 7.11 Å². The van der Waals surface area contributed by atoms with Crippen LogP contribution in [0.1, 0.15) is 9.67 Å². The number of hydrogen-bond acceptors (Lipinski definition) is 4. The lowest BCUT2D eigenvalue weighted by atomic mass is 10.2. The Kier molecular flexibility index (Phi) is 4.99. The zero-order valence-corrected chi connectivity index (χ0v) is 16.1. The zero-order valence-electron chi connectivity index (χ0n) is 15.3. The number of carbonyl (C=O) groups is 2. The minimum Gasteiger partial charge on any atom is -0.495 e. The van der Waals surface area contributed by atoms with Crippen LogP contribution in [0.5, 0.6) is 5.75 Å². The summed E-state index contributed by atoms with van der Waals surface area (Å²) in [6, 6.07) is 18.9. The third-order valence-electron chi connectivity index (χ3n) is 4.48. The number of thiophene rings is 1. The maximum atomic E-state index is 12.8. The van der Waals surface area contributed by atoms with E-state index in [0.29, 0.717) is 29.4 Å². The lowest BCUT2D eigenvalue weighted by Crippen LogP contribution is -2.27. The van der Waals surface area contributed by atoms with Gasteiger partial charge in [0.2, 0.25) is 0 Å². The zero-order chi connectivity index (χ0) is 19.5. The first-order chi connectivity index (χ1) is 13.7. The highest BCUT2D eigenvalue weighted by Crippen LogP contribution is 2.36. The average Bonchev–Trinajstić information content (AvgIpc) is 3.35. The number of ether oxygens (including phenoxy) is 1. The van der Waals surface area contributed by atoms with Crippen LogP contribution >= 0.6 is 11.3 Å². The van der Waals surface area contributed by atoms with E-state index in [4.69, 9.17) is 4.74 Å². The van der Waals surface area contributed by atoms with Crippen molar-refractivity contribution >= 4 is 34.6 Å². The molecule has 6 nitrogen and oxygen atoms in total. The molecule has 0 aliphatic carbocycles. The van der Waals surface area contributed by atoms with Gasteiger partial charge in [0.1, 0.15) is 10.6 Å². The summed E-state index contributed by atoms with van der Waals surface area (Å²) in [5.41, 5.74) is 2.50. The summed E-state index contributed by atoms with van der Waals surface area (Å²) in [6.07, 6.45) is 0. The third kappa shape index (κ3) is 3.57. The summed E-state index contributed by atoms with van der Waals surface area (Å²) in [7, 11) is 1.56. The normalized spacial score (nSPS) is 13.3. The number of rotatable bonds is 5. The van der Waals surface area contributed by atoms with Gasteiger partial charge in [0.25, 0.3) is 5.91 Å². The van der Waals surface area contributed by atoms with E-state index < -0.39 is 0 Å². The van der Waals surface area contributed by atoms with Gasteiger partial charge in [-0.1, -0.05) is 30.3 Å². The summed E-state index contributed by atoms with van der Waals surface area (Å²) in [5.74, 6) is 0.322. The van der Waals surface area contributed by atoms with Gasteiger partial charge in [-0.3, -0.25) is 9.69 Å². The molecule has 7 heteroatoms. The SMILES string of the molecule is COc1cc(-c2ccccc2)sc1C(=O)Nc1ccc(N2CCNC2=O)cc1. The van der Waals surface area contributed by atoms with Crippen molar-refractivity contribution in [1.82, 2.24) is 5.32 Å². The Morgan fingerprint density at radius 2 is 1.89 bits per heavy atom. The molecule has 0 spiro atoms. The van der Waals surface area contributed by atoms with Crippen molar-refractivity contribution in [3.63, 3.8) is 0 Å². The molecule has 0 radical (unpaired) electrons. The van der Waals surface area contributed by atoms with Crippen LogP contribution in [0.4, 0.5) is 16.2 Å². The minimum absolute atomic E-state index is 0.103. The Balaban J connectivity index is 1.52. The summed E-state index contributed by atoms with van der Waals surface area (Å²) >= 11 is 1.39. The molecule has 0 unspecified atom stereocenters. The Morgan fingerprint density at radius 3 is 2.54 bits per heavy atom. The van der Waals surface area contributed by atoms with Gasteiger partial charge < -0.3 is 15.4 Å². The number of methoxy groups -OCH3 is 1. The van der Waals surface area contributed by atoms with Gasteiger partial charge in [-0.15, -0.1) is 11.3 Å². The molecule has 142 valence electrons. The predicted molar refractivity (Wildman–Crippen MR) is 111 cm³/mol. The number of hydrogen-bond donors (Lipinski definition) is 2.